The molecule has 0 radical (unpaired) electrons. The van der Waals surface area contributed by atoms with Crippen molar-refractivity contribution in [1.29, 1.82) is 0 Å². The van der Waals surface area contributed by atoms with Crippen molar-refractivity contribution in [1.82, 2.24) is 9.88 Å². The summed E-state index contributed by atoms with van der Waals surface area (Å²) in [6, 6.07) is 2.28. The van der Waals surface area contributed by atoms with Gasteiger partial charge in [-0.15, -0.1) is 0 Å². The minimum atomic E-state index is 0.387. The molecule has 0 bridgehead atoms. The molecular formula is C14H23N3O. The molecule has 1 heterocycles. The van der Waals surface area contributed by atoms with Crippen molar-refractivity contribution in [2.75, 3.05) is 32.1 Å². The first kappa shape index (κ1) is 14.6. The molecule has 1 atom stereocenters. The van der Waals surface area contributed by atoms with Gasteiger partial charge in [-0.1, -0.05) is 0 Å². The molecule has 0 fully saturated rings. The number of hydrogen-bond donors (Lipinski definition) is 0. The van der Waals surface area contributed by atoms with Gasteiger partial charge in [-0.05, 0) is 46.5 Å². The van der Waals surface area contributed by atoms with Gasteiger partial charge in [0.1, 0.15) is 5.82 Å². The molecule has 0 amide bonds. The third-order valence-corrected chi connectivity index (χ3v) is 2.98. The monoisotopic (exact) mass is 249 g/mol. The predicted molar refractivity (Wildman–Crippen MR) is 75.4 cm³/mol. The number of pyridine rings is 1. The average molecular weight is 249 g/mol. The highest BCUT2D eigenvalue weighted by Gasteiger charge is 2.16. The van der Waals surface area contributed by atoms with E-state index < -0.39 is 0 Å². The molecule has 0 saturated heterocycles. The van der Waals surface area contributed by atoms with Crippen LogP contribution in [0.3, 0.4) is 0 Å². The molecule has 0 aliphatic heterocycles. The summed E-state index contributed by atoms with van der Waals surface area (Å²) >= 11 is 0. The van der Waals surface area contributed by atoms with Crippen LogP contribution in [0.5, 0.6) is 0 Å². The molecule has 100 valence electrons. The molecule has 0 aromatic carbocycles. The SMILES string of the molecule is CCN(c1ncc(C=O)cc1C)C(C)CN(C)C. The quantitative estimate of drug-likeness (QED) is 0.722. The molecule has 0 saturated carbocycles. The Kier molecular flexibility index (Phi) is 5.28. The van der Waals surface area contributed by atoms with Crippen LogP contribution in [0.1, 0.15) is 29.8 Å². The van der Waals surface area contributed by atoms with Crippen molar-refractivity contribution in [3.8, 4) is 0 Å². The minimum absolute atomic E-state index is 0.387. The topological polar surface area (TPSA) is 36.4 Å². The Morgan fingerprint density at radius 1 is 1.44 bits per heavy atom. The van der Waals surface area contributed by atoms with Crippen molar-refractivity contribution >= 4 is 12.1 Å². The van der Waals surface area contributed by atoms with E-state index in [9.17, 15) is 4.79 Å². The molecule has 18 heavy (non-hydrogen) atoms. The number of aromatic nitrogens is 1. The summed E-state index contributed by atoms with van der Waals surface area (Å²) in [5, 5.41) is 0. The highest BCUT2D eigenvalue weighted by atomic mass is 16.1. The second-order valence-electron chi connectivity index (χ2n) is 4.92. The van der Waals surface area contributed by atoms with E-state index in [-0.39, 0.29) is 0 Å². The number of likely N-dealkylation sites (N-methyl/N-ethyl adjacent to an activating group) is 2. The molecule has 4 nitrogen and oxygen atoms in total. The van der Waals surface area contributed by atoms with Crippen molar-refractivity contribution in [3.63, 3.8) is 0 Å². The molecular weight excluding hydrogens is 226 g/mol. The number of carbonyl (C=O) groups excluding carboxylic acids is 1. The lowest BCUT2D eigenvalue weighted by atomic mass is 10.1. The summed E-state index contributed by atoms with van der Waals surface area (Å²) < 4.78 is 0. The fraction of sp³-hybridized carbons (Fsp3) is 0.571. The number of anilines is 1. The maximum absolute atomic E-state index is 10.7. The minimum Gasteiger partial charge on any atom is -0.353 e. The van der Waals surface area contributed by atoms with Crippen LogP contribution in [0.2, 0.25) is 0 Å². The van der Waals surface area contributed by atoms with Gasteiger partial charge in [0, 0.05) is 30.9 Å². The van der Waals surface area contributed by atoms with E-state index in [2.05, 4.69) is 42.7 Å². The Bertz CT molecular complexity index is 404. The largest absolute Gasteiger partial charge is 0.353 e. The van der Waals surface area contributed by atoms with Crippen LogP contribution in [0.15, 0.2) is 12.3 Å². The standard InChI is InChI=1S/C14H23N3O/c1-6-17(12(3)9-16(4)5)14-11(2)7-13(10-18)8-15-14/h7-8,10,12H,6,9H2,1-5H3. The zero-order valence-corrected chi connectivity index (χ0v) is 12.0. The predicted octanol–water partition coefficient (Wildman–Crippen LogP) is 1.98. The van der Waals surface area contributed by atoms with Gasteiger partial charge in [0.25, 0.3) is 0 Å². The van der Waals surface area contributed by atoms with E-state index in [4.69, 9.17) is 0 Å². The summed E-state index contributed by atoms with van der Waals surface area (Å²) in [5.74, 6) is 0.970. The lowest BCUT2D eigenvalue weighted by Crippen LogP contribution is -2.40. The van der Waals surface area contributed by atoms with Crippen LogP contribution in [0, 0.1) is 6.92 Å². The third kappa shape index (κ3) is 3.53. The van der Waals surface area contributed by atoms with Crippen molar-refractivity contribution in [2.24, 2.45) is 0 Å². The molecule has 0 N–H and O–H groups in total. The number of rotatable bonds is 6. The van der Waals surface area contributed by atoms with Gasteiger partial charge in [-0.3, -0.25) is 4.79 Å². The van der Waals surface area contributed by atoms with Crippen LogP contribution in [-0.4, -0.2) is 49.4 Å². The zero-order valence-electron chi connectivity index (χ0n) is 12.0. The Labute approximate surface area is 110 Å². The Morgan fingerprint density at radius 3 is 2.56 bits per heavy atom. The lowest BCUT2D eigenvalue weighted by molar-refractivity contribution is 0.112. The molecule has 1 aromatic rings. The lowest BCUT2D eigenvalue weighted by Gasteiger charge is -2.32. The van der Waals surface area contributed by atoms with Crippen LogP contribution >= 0.6 is 0 Å². The Morgan fingerprint density at radius 2 is 2.11 bits per heavy atom. The first-order valence-corrected chi connectivity index (χ1v) is 6.32. The van der Waals surface area contributed by atoms with E-state index in [1.807, 2.05) is 13.0 Å². The summed E-state index contributed by atoms with van der Waals surface area (Å²) in [4.78, 5) is 19.6. The first-order valence-electron chi connectivity index (χ1n) is 6.32. The first-order chi connectivity index (χ1) is 8.49. The van der Waals surface area contributed by atoms with Gasteiger partial charge >= 0.3 is 0 Å². The van der Waals surface area contributed by atoms with Gasteiger partial charge in [0.05, 0.1) is 0 Å². The van der Waals surface area contributed by atoms with Gasteiger partial charge in [0.15, 0.2) is 6.29 Å². The fourth-order valence-corrected chi connectivity index (χ4v) is 2.25. The van der Waals surface area contributed by atoms with Crippen molar-refractivity contribution < 1.29 is 4.79 Å². The fourth-order valence-electron chi connectivity index (χ4n) is 2.25. The van der Waals surface area contributed by atoms with Crippen molar-refractivity contribution in [3.05, 3.63) is 23.4 Å². The highest BCUT2D eigenvalue weighted by Crippen LogP contribution is 2.19. The summed E-state index contributed by atoms with van der Waals surface area (Å²) in [6.45, 7) is 8.20. The molecule has 1 rings (SSSR count). The molecule has 0 aliphatic rings. The smallest absolute Gasteiger partial charge is 0.151 e. The number of carbonyl (C=O) groups is 1. The molecule has 0 aliphatic carbocycles. The zero-order chi connectivity index (χ0) is 13.7. The Balaban J connectivity index is 2.97. The maximum atomic E-state index is 10.7. The van der Waals surface area contributed by atoms with Gasteiger partial charge in [-0.25, -0.2) is 4.98 Å². The van der Waals surface area contributed by atoms with Crippen LogP contribution in [-0.2, 0) is 0 Å². The van der Waals surface area contributed by atoms with Crippen molar-refractivity contribution in [2.45, 2.75) is 26.8 Å². The molecule has 1 unspecified atom stereocenters. The summed E-state index contributed by atoms with van der Waals surface area (Å²) in [6.07, 6.45) is 2.48. The van der Waals surface area contributed by atoms with E-state index in [1.54, 1.807) is 6.20 Å². The Hall–Kier alpha value is -1.42. The van der Waals surface area contributed by atoms with E-state index in [0.29, 0.717) is 11.6 Å². The van der Waals surface area contributed by atoms with Gasteiger partial charge in [-0.2, -0.15) is 0 Å². The third-order valence-electron chi connectivity index (χ3n) is 2.98. The summed E-state index contributed by atoms with van der Waals surface area (Å²) in [5.41, 5.74) is 1.68. The number of aldehydes is 1. The van der Waals surface area contributed by atoms with Gasteiger partial charge in [0.2, 0.25) is 0 Å². The number of aryl methyl sites for hydroxylation is 1. The normalized spacial score (nSPS) is 12.6. The summed E-state index contributed by atoms with van der Waals surface area (Å²) in [7, 11) is 4.14. The average Bonchev–Trinajstić information content (AvgIpc) is 2.31. The second-order valence-corrected chi connectivity index (χ2v) is 4.92. The maximum Gasteiger partial charge on any atom is 0.151 e. The van der Waals surface area contributed by atoms with E-state index in [0.717, 1.165) is 30.8 Å². The number of hydrogen-bond acceptors (Lipinski definition) is 4. The second kappa shape index (κ2) is 6.50. The van der Waals surface area contributed by atoms with Crippen LogP contribution in [0.4, 0.5) is 5.82 Å². The highest BCUT2D eigenvalue weighted by molar-refractivity contribution is 5.75. The molecule has 0 spiro atoms. The van der Waals surface area contributed by atoms with E-state index in [1.165, 1.54) is 0 Å². The molecule has 1 aromatic heterocycles. The van der Waals surface area contributed by atoms with E-state index >= 15 is 0 Å². The van der Waals surface area contributed by atoms with Gasteiger partial charge < -0.3 is 9.80 Å². The van der Waals surface area contributed by atoms with Crippen LogP contribution < -0.4 is 4.90 Å². The molecule has 4 heteroatoms. The van der Waals surface area contributed by atoms with Crippen LogP contribution in [0.25, 0.3) is 0 Å². The number of nitrogens with zero attached hydrogens (tertiary/aromatic N) is 3.